The van der Waals surface area contributed by atoms with Crippen LogP contribution in [0.1, 0.15) is 12.8 Å². The minimum Gasteiger partial charge on any atom is -0.191 e. The molecule has 142 valence electrons. The van der Waals surface area contributed by atoms with E-state index in [0.29, 0.717) is 0 Å². The maximum Gasteiger partial charge on any atom is 0.213 e. The predicted molar refractivity (Wildman–Crippen MR) is 122 cm³/mol. The zero-order valence-corrected chi connectivity index (χ0v) is 16.7. The molecule has 29 heavy (non-hydrogen) atoms. The second-order valence-electron chi connectivity index (χ2n) is 7.20. The van der Waals surface area contributed by atoms with E-state index in [-0.39, 0.29) is 0 Å². The van der Waals surface area contributed by atoms with Crippen molar-refractivity contribution in [2.75, 3.05) is 0 Å². The van der Waals surface area contributed by atoms with Gasteiger partial charge in [-0.25, -0.2) is 0 Å². The summed E-state index contributed by atoms with van der Waals surface area (Å²) < 4.78 is 2.46. The molecule has 0 saturated carbocycles. The summed E-state index contributed by atoms with van der Waals surface area (Å²) in [5.41, 5.74) is 7.44. The molecule has 0 amide bonds. The Morgan fingerprint density at radius 2 is 1.03 bits per heavy atom. The highest BCUT2D eigenvalue weighted by molar-refractivity contribution is 5.73. The smallest absolute Gasteiger partial charge is 0.191 e. The fraction of sp³-hybridized carbons (Fsp3) is 0.107. The minimum atomic E-state index is 0.954. The highest BCUT2D eigenvalue weighted by atomic mass is 15.0. The number of unbranched alkanes of at least 4 members (excludes halogenated alkanes) is 1. The molecule has 1 nitrogen and oxygen atoms in total. The third kappa shape index (κ3) is 4.35. The standard InChI is InChI=1S/C28H26N/c1-2-3-13-20-29-27(24-16-9-5-10-17-24)21-26(23-14-7-4-8-15-23)22-28(29)25-18-11-6-12-19-25/h2,4-12,14-19,21-22H,1,3,13,20H2/q+1. The van der Waals surface area contributed by atoms with Crippen LogP contribution in [0.3, 0.4) is 0 Å². The lowest BCUT2D eigenvalue weighted by atomic mass is 9.99. The Morgan fingerprint density at radius 3 is 1.48 bits per heavy atom. The molecule has 0 atom stereocenters. The van der Waals surface area contributed by atoms with E-state index in [1.54, 1.807) is 0 Å². The number of allylic oxidation sites excluding steroid dienone is 1. The van der Waals surface area contributed by atoms with Crippen molar-refractivity contribution in [1.82, 2.24) is 0 Å². The fourth-order valence-electron chi connectivity index (χ4n) is 3.75. The molecule has 0 unspecified atom stereocenters. The van der Waals surface area contributed by atoms with Crippen molar-refractivity contribution in [2.24, 2.45) is 0 Å². The van der Waals surface area contributed by atoms with Gasteiger partial charge in [0.15, 0.2) is 0 Å². The van der Waals surface area contributed by atoms with Crippen LogP contribution in [0.15, 0.2) is 116 Å². The van der Waals surface area contributed by atoms with Crippen molar-refractivity contribution in [3.8, 4) is 33.6 Å². The third-order valence-electron chi connectivity index (χ3n) is 5.20. The zero-order chi connectivity index (χ0) is 19.9. The van der Waals surface area contributed by atoms with E-state index >= 15 is 0 Å². The van der Waals surface area contributed by atoms with E-state index in [2.05, 4.69) is 114 Å². The number of rotatable bonds is 7. The first kappa shape index (κ1) is 18.9. The van der Waals surface area contributed by atoms with Crippen molar-refractivity contribution in [3.63, 3.8) is 0 Å². The summed E-state index contributed by atoms with van der Waals surface area (Å²) >= 11 is 0. The summed E-state index contributed by atoms with van der Waals surface area (Å²) in [4.78, 5) is 0. The topological polar surface area (TPSA) is 3.88 Å². The van der Waals surface area contributed by atoms with E-state index in [1.165, 1.54) is 33.6 Å². The van der Waals surface area contributed by atoms with Gasteiger partial charge in [0.05, 0.1) is 0 Å². The molecule has 0 N–H and O–H groups in total. The minimum absolute atomic E-state index is 0.954. The summed E-state index contributed by atoms with van der Waals surface area (Å²) in [7, 11) is 0. The zero-order valence-electron chi connectivity index (χ0n) is 16.7. The Hall–Kier alpha value is -3.45. The number of hydrogen-bond donors (Lipinski definition) is 0. The largest absolute Gasteiger partial charge is 0.213 e. The van der Waals surface area contributed by atoms with Crippen LogP contribution in [0.4, 0.5) is 0 Å². The first-order valence-electron chi connectivity index (χ1n) is 10.2. The molecule has 4 aromatic rings. The molecular weight excluding hydrogens is 350 g/mol. The van der Waals surface area contributed by atoms with Crippen molar-refractivity contribution in [3.05, 3.63) is 116 Å². The summed E-state index contributed by atoms with van der Waals surface area (Å²) in [6.07, 6.45) is 4.08. The van der Waals surface area contributed by atoms with Crippen LogP contribution < -0.4 is 4.57 Å². The first-order valence-corrected chi connectivity index (χ1v) is 10.2. The number of aromatic nitrogens is 1. The maximum atomic E-state index is 3.90. The lowest BCUT2D eigenvalue weighted by molar-refractivity contribution is -0.675. The quantitative estimate of drug-likeness (QED) is 0.187. The molecule has 0 aliphatic carbocycles. The van der Waals surface area contributed by atoms with Crippen LogP contribution in [0.25, 0.3) is 33.6 Å². The van der Waals surface area contributed by atoms with Gasteiger partial charge in [0.1, 0.15) is 6.54 Å². The van der Waals surface area contributed by atoms with E-state index in [0.717, 1.165) is 19.4 Å². The molecule has 3 aromatic carbocycles. The van der Waals surface area contributed by atoms with Crippen LogP contribution >= 0.6 is 0 Å². The highest BCUT2D eigenvalue weighted by Crippen LogP contribution is 2.29. The van der Waals surface area contributed by atoms with Gasteiger partial charge in [-0.2, -0.15) is 4.57 Å². The number of pyridine rings is 1. The van der Waals surface area contributed by atoms with Gasteiger partial charge in [-0.3, -0.25) is 0 Å². The summed E-state index contributed by atoms with van der Waals surface area (Å²) in [5, 5.41) is 0. The molecule has 0 fully saturated rings. The average molecular weight is 377 g/mol. The Balaban J connectivity index is 1.96. The predicted octanol–water partition coefficient (Wildman–Crippen LogP) is 6.94. The summed E-state index contributed by atoms with van der Waals surface area (Å²) in [6, 6.07) is 36.7. The molecule has 4 rings (SSSR count). The van der Waals surface area contributed by atoms with Gasteiger partial charge in [0, 0.05) is 29.7 Å². The molecule has 0 spiro atoms. The second kappa shape index (κ2) is 9.16. The van der Waals surface area contributed by atoms with Crippen LogP contribution in [0.2, 0.25) is 0 Å². The normalized spacial score (nSPS) is 10.6. The van der Waals surface area contributed by atoms with Crippen molar-refractivity contribution >= 4 is 0 Å². The van der Waals surface area contributed by atoms with Crippen LogP contribution in [0, 0.1) is 0 Å². The SMILES string of the molecule is C=CCCC[n+]1c(-c2ccccc2)cc(-c2ccccc2)cc1-c1ccccc1. The summed E-state index contributed by atoms with van der Waals surface area (Å²) in [6.45, 7) is 4.85. The molecule has 0 radical (unpaired) electrons. The van der Waals surface area contributed by atoms with Crippen molar-refractivity contribution in [2.45, 2.75) is 19.4 Å². The van der Waals surface area contributed by atoms with E-state index in [4.69, 9.17) is 0 Å². The van der Waals surface area contributed by atoms with Crippen molar-refractivity contribution in [1.29, 1.82) is 0 Å². The Kier molecular flexibility index (Phi) is 5.97. The lowest BCUT2D eigenvalue weighted by Crippen LogP contribution is -2.39. The molecule has 0 saturated heterocycles. The van der Waals surface area contributed by atoms with E-state index < -0.39 is 0 Å². The molecule has 1 aromatic heterocycles. The molecule has 0 bridgehead atoms. The number of nitrogens with zero attached hydrogens (tertiary/aromatic N) is 1. The van der Waals surface area contributed by atoms with E-state index in [1.807, 2.05) is 6.08 Å². The molecular formula is C28H26N+. The van der Waals surface area contributed by atoms with Crippen LogP contribution in [-0.2, 0) is 6.54 Å². The van der Waals surface area contributed by atoms with Gasteiger partial charge < -0.3 is 0 Å². The fourth-order valence-corrected chi connectivity index (χ4v) is 3.75. The van der Waals surface area contributed by atoms with Crippen molar-refractivity contribution < 1.29 is 4.57 Å². The van der Waals surface area contributed by atoms with Gasteiger partial charge >= 0.3 is 0 Å². The van der Waals surface area contributed by atoms with Gasteiger partial charge in [0.2, 0.25) is 11.4 Å². The number of benzene rings is 3. The molecule has 0 aliphatic heterocycles. The second-order valence-corrected chi connectivity index (χ2v) is 7.20. The van der Waals surface area contributed by atoms with Gasteiger partial charge in [-0.15, -0.1) is 6.58 Å². The van der Waals surface area contributed by atoms with Gasteiger partial charge in [0.25, 0.3) is 0 Å². The van der Waals surface area contributed by atoms with E-state index in [9.17, 15) is 0 Å². The lowest BCUT2D eigenvalue weighted by Gasteiger charge is -2.13. The Bertz CT molecular complexity index is 1010. The number of hydrogen-bond acceptors (Lipinski definition) is 0. The van der Waals surface area contributed by atoms with Gasteiger partial charge in [-0.05, 0) is 41.8 Å². The summed E-state index contributed by atoms with van der Waals surface area (Å²) in [5.74, 6) is 0. The van der Waals surface area contributed by atoms with Crippen LogP contribution in [-0.4, -0.2) is 0 Å². The van der Waals surface area contributed by atoms with Gasteiger partial charge in [-0.1, -0.05) is 72.8 Å². The highest BCUT2D eigenvalue weighted by Gasteiger charge is 2.22. The Labute approximate surface area is 173 Å². The Morgan fingerprint density at radius 1 is 0.586 bits per heavy atom. The maximum absolute atomic E-state index is 3.90. The molecule has 1 heterocycles. The molecule has 0 aliphatic rings. The first-order chi connectivity index (χ1) is 14.4. The monoisotopic (exact) mass is 376 g/mol. The molecule has 1 heteroatoms. The van der Waals surface area contributed by atoms with Crippen LogP contribution in [0.5, 0.6) is 0 Å². The third-order valence-corrected chi connectivity index (χ3v) is 5.20. The average Bonchev–Trinajstić information content (AvgIpc) is 2.81.